The topological polar surface area (TPSA) is 46.8 Å². The van der Waals surface area contributed by atoms with E-state index in [0.717, 1.165) is 34.0 Å². The number of fused-ring (bicyclic) bond motifs is 1. The van der Waals surface area contributed by atoms with E-state index in [1.165, 1.54) is 0 Å². The minimum absolute atomic E-state index is 0.0482. The monoisotopic (exact) mass is 268 g/mol. The molecule has 0 unspecified atom stereocenters. The molecule has 20 heavy (non-hydrogen) atoms. The van der Waals surface area contributed by atoms with Crippen molar-refractivity contribution in [3.8, 4) is 17.0 Å². The first-order valence-corrected chi connectivity index (χ1v) is 6.47. The largest absolute Gasteiger partial charge is 0.497 e. The van der Waals surface area contributed by atoms with Gasteiger partial charge in [-0.25, -0.2) is 4.98 Å². The number of ether oxygens (including phenoxy) is 1. The summed E-state index contributed by atoms with van der Waals surface area (Å²) >= 11 is 0. The Kier molecular flexibility index (Phi) is 3.16. The minimum atomic E-state index is -0.0482. The number of rotatable bonds is 3. The predicted molar refractivity (Wildman–Crippen MR) is 77.8 cm³/mol. The van der Waals surface area contributed by atoms with Crippen LogP contribution in [0.15, 0.2) is 42.5 Å². The number of hydrogen-bond donors (Lipinski definition) is 1. The minimum Gasteiger partial charge on any atom is -0.497 e. The summed E-state index contributed by atoms with van der Waals surface area (Å²) in [4.78, 5) is 4.63. The zero-order valence-corrected chi connectivity index (χ0v) is 11.5. The van der Waals surface area contributed by atoms with Crippen LogP contribution in [0.25, 0.3) is 16.9 Å². The lowest BCUT2D eigenvalue weighted by Crippen LogP contribution is -1.97. The van der Waals surface area contributed by atoms with Crippen molar-refractivity contribution in [1.29, 1.82) is 0 Å². The Bertz CT molecular complexity index is 745. The van der Waals surface area contributed by atoms with Crippen LogP contribution in [0.3, 0.4) is 0 Å². The smallest absolute Gasteiger partial charge is 0.137 e. The van der Waals surface area contributed by atoms with Crippen LogP contribution in [0.5, 0.6) is 5.75 Å². The summed E-state index contributed by atoms with van der Waals surface area (Å²) in [5.74, 6) is 0.805. The number of nitrogens with zero attached hydrogens (tertiary/aromatic N) is 2. The van der Waals surface area contributed by atoms with Crippen molar-refractivity contribution < 1.29 is 9.84 Å². The average molecular weight is 268 g/mol. The van der Waals surface area contributed by atoms with Crippen LogP contribution in [0.2, 0.25) is 0 Å². The summed E-state index contributed by atoms with van der Waals surface area (Å²) in [6.45, 7) is 1.96. The van der Waals surface area contributed by atoms with Crippen molar-refractivity contribution in [2.24, 2.45) is 0 Å². The second-order valence-electron chi connectivity index (χ2n) is 4.65. The first-order chi connectivity index (χ1) is 9.74. The Morgan fingerprint density at radius 1 is 1.15 bits per heavy atom. The van der Waals surface area contributed by atoms with Gasteiger partial charge in [0.15, 0.2) is 0 Å². The summed E-state index contributed by atoms with van der Waals surface area (Å²) in [6.07, 6.45) is 0. The van der Waals surface area contributed by atoms with Crippen molar-refractivity contribution in [3.05, 3.63) is 53.9 Å². The molecular weight excluding hydrogens is 252 g/mol. The molecule has 4 nitrogen and oxygen atoms in total. The summed E-state index contributed by atoms with van der Waals surface area (Å²) in [7, 11) is 1.64. The second-order valence-corrected chi connectivity index (χ2v) is 4.65. The van der Waals surface area contributed by atoms with E-state index in [1.807, 2.05) is 53.8 Å². The van der Waals surface area contributed by atoms with E-state index in [2.05, 4.69) is 4.98 Å². The third-order valence-electron chi connectivity index (χ3n) is 3.45. The van der Waals surface area contributed by atoms with Crippen LogP contribution in [-0.4, -0.2) is 21.6 Å². The molecule has 3 rings (SSSR count). The first-order valence-electron chi connectivity index (χ1n) is 6.47. The maximum absolute atomic E-state index is 9.71. The number of imidazole rings is 1. The molecular formula is C16H16N2O2. The highest BCUT2D eigenvalue weighted by Crippen LogP contribution is 2.27. The molecule has 0 amide bonds. The molecule has 0 atom stereocenters. The van der Waals surface area contributed by atoms with Gasteiger partial charge in [-0.05, 0) is 43.3 Å². The maximum atomic E-state index is 9.71. The summed E-state index contributed by atoms with van der Waals surface area (Å²) < 4.78 is 7.15. The number of aryl methyl sites for hydroxylation is 1. The number of methoxy groups -OCH3 is 1. The van der Waals surface area contributed by atoms with Crippen molar-refractivity contribution in [2.45, 2.75) is 13.5 Å². The van der Waals surface area contributed by atoms with Gasteiger partial charge in [0.05, 0.1) is 25.1 Å². The first kappa shape index (κ1) is 12.7. The highest BCUT2D eigenvalue weighted by Gasteiger charge is 2.14. The molecule has 102 valence electrons. The van der Waals surface area contributed by atoms with Crippen LogP contribution < -0.4 is 4.74 Å². The molecule has 0 saturated heterocycles. The number of aromatic nitrogens is 2. The Balaban J connectivity index is 2.22. The zero-order valence-electron chi connectivity index (χ0n) is 11.5. The summed E-state index contributed by atoms with van der Waals surface area (Å²) in [6, 6.07) is 13.6. The van der Waals surface area contributed by atoms with Gasteiger partial charge in [-0.15, -0.1) is 0 Å². The van der Waals surface area contributed by atoms with Crippen molar-refractivity contribution >= 4 is 5.65 Å². The van der Waals surface area contributed by atoms with Crippen LogP contribution in [-0.2, 0) is 6.61 Å². The molecule has 0 bridgehead atoms. The summed E-state index contributed by atoms with van der Waals surface area (Å²) in [5, 5.41) is 9.71. The zero-order chi connectivity index (χ0) is 14.1. The van der Waals surface area contributed by atoms with E-state index < -0.39 is 0 Å². The van der Waals surface area contributed by atoms with Gasteiger partial charge in [0.1, 0.15) is 11.4 Å². The Morgan fingerprint density at radius 3 is 2.55 bits per heavy atom. The lowest BCUT2D eigenvalue weighted by atomic mass is 10.1. The average Bonchev–Trinajstić information content (AvgIpc) is 2.87. The van der Waals surface area contributed by atoms with E-state index in [1.54, 1.807) is 7.11 Å². The standard InChI is InChI=1S/C16H16N2O2/c1-11-4-3-5-15-17-16(14(10-19)18(11)15)12-6-8-13(20-2)9-7-12/h3-9,19H,10H2,1-2H3. The van der Waals surface area contributed by atoms with Crippen LogP contribution in [0, 0.1) is 6.92 Å². The number of aliphatic hydroxyl groups excluding tert-OH is 1. The van der Waals surface area contributed by atoms with Gasteiger partial charge in [0.25, 0.3) is 0 Å². The molecule has 0 radical (unpaired) electrons. The molecule has 3 aromatic rings. The molecule has 0 fully saturated rings. The fourth-order valence-corrected chi connectivity index (χ4v) is 2.45. The number of benzene rings is 1. The van der Waals surface area contributed by atoms with Gasteiger partial charge < -0.3 is 9.84 Å². The fourth-order valence-electron chi connectivity index (χ4n) is 2.45. The van der Waals surface area contributed by atoms with E-state index in [0.29, 0.717) is 0 Å². The third kappa shape index (κ3) is 1.94. The predicted octanol–water partition coefficient (Wildman–Crippen LogP) is 2.81. The van der Waals surface area contributed by atoms with Crippen molar-refractivity contribution in [2.75, 3.05) is 7.11 Å². The third-order valence-corrected chi connectivity index (χ3v) is 3.45. The van der Waals surface area contributed by atoms with E-state index in [9.17, 15) is 5.11 Å². The SMILES string of the molecule is COc1ccc(-c2nc3cccc(C)n3c2CO)cc1. The van der Waals surface area contributed by atoms with E-state index in [4.69, 9.17) is 4.74 Å². The van der Waals surface area contributed by atoms with Gasteiger partial charge in [-0.2, -0.15) is 0 Å². The van der Waals surface area contributed by atoms with Crippen LogP contribution in [0.4, 0.5) is 0 Å². The lowest BCUT2D eigenvalue weighted by molar-refractivity contribution is 0.276. The molecule has 2 heterocycles. The lowest BCUT2D eigenvalue weighted by Gasteiger charge is -2.05. The van der Waals surface area contributed by atoms with Gasteiger partial charge in [-0.1, -0.05) is 6.07 Å². The molecule has 4 heteroatoms. The molecule has 0 aliphatic rings. The van der Waals surface area contributed by atoms with Crippen molar-refractivity contribution in [1.82, 2.24) is 9.38 Å². The molecule has 1 N–H and O–H groups in total. The highest BCUT2D eigenvalue weighted by atomic mass is 16.5. The van der Waals surface area contributed by atoms with Crippen LogP contribution >= 0.6 is 0 Å². The normalized spacial score (nSPS) is 10.9. The Labute approximate surface area is 117 Å². The quantitative estimate of drug-likeness (QED) is 0.794. The Hall–Kier alpha value is -2.33. The number of hydrogen-bond acceptors (Lipinski definition) is 3. The van der Waals surface area contributed by atoms with Crippen molar-refractivity contribution in [3.63, 3.8) is 0 Å². The van der Waals surface area contributed by atoms with Gasteiger partial charge in [-0.3, -0.25) is 4.40 Å². The Morgan fingerprint density at radius 2 is 1.90 bits per heavy atom. The number of pyridine rings is 1. The number of aliphatic hydroxyl groups is 1. The maximum Gasteiger partial charge on any atom is 0.137 e. The van der Waals surface area contributed by atoms with Crippen LogP contribution in [0.1, 0.15) is 11.4 Å². The van der Waals surface area contributed by atoms with E-state index >= 15 is 0 Å². The molecule has 0 spiro atoms. The van der Waals surface area contributed by atoms with Gasteiger partial charge >= 0.3 is 0 Å². The molecule has 2 aromatic heterocycles. The molecule has 0 aliphatic heterocycles. The van der Waals surface area contributed by atoms with Gasteiger partial charge in [0, 0.05) is 11.3 Å². The van der Waals surface area contributed by atoms with E-state index in [-0.39, 0.29) is 6.61 Å². The summed E-state index contributed by atoms with van der Waals surface area (Å²) in [5.41, 5.74) is 4.49. The molecule has 0 saturated carbocycles. The molecule has 0 aliphatic carbocycles. The fraction of sp³-hybridized carbons (Fsp3) is 0.188. The highest BCUT2D eigenvalue weighted by molar-refractivity contribution is 5.67. The second kappa shape index (κ2) is 4.98. The molecule has 1 aromatic carbocycles. The van der Waals surface area contributed by atoms with Gasteiger partial charge in [0.2, 0.25) is 0 Å².